The Labute approximate surface area is 121 Å². The van der Waals surface area contributed by atoms with Gasteiger partial charge in [0.2, 0.25) is 0 Å². The molecule has 1 atom stereocenters. The van der Waals surface area contributed by atoms with E-state index in [0.717, 1.165) is 13.1 Å². The summed E-state index contributed by atoms with van der Waals surface area (Å²) in [6.45, 7) is 8.11. The summed E-state index contributed by atoms with van der Waals surface area (Å²) in [5.74, 6) is 0. The Morgan fingerprint density at radius 1 is 1.32 bits per heavy atom. The van der Waals surface area contributed by atoms with Gasteiger partial charge in [0.1, 0.15) is 0 Å². The predicted molar refractivity (Wildman–Crippen MR) is 82.7 cm³/mol. The zero-order valence-electron chi connectivity index (χ0n) is 12.2. The summed E-state index contributed by atoms with van der Waals surface area (Å²) >= 11 is 1.96. The Hall–Kier alpha value is -0.380. The minimum absolute atomic E-state index is 0.428. The van der Waals surface area contributed by atoms with E-state index >= 15 is 0 Å². The molecule has 1 unspecified atom stereocenters. The van der Waals surface area contributed by atoms with Gasteiger partial charge in [-0.1, -0.05) is 19.3 Å². The highest BCUT2D eigenvalue weighted by atomic mass is 32.1. The summed E-state index contributed by atoms with van der Waals surface area (Å²) in [5, 5.41) is 3.87. The van der Waals surface area contributed by atoms with Crippen LogP contribution >= 0.6 is 11.3 Å². The number of thiophene rings is 1. The van der Waals surface area contributed by atoms with Crippen LogP contribution in [0, 0.1) is 6.92 Å². The molecular weight excluding hydrogens is 252 g/mol. The normalized spacial score (nSPS) is 27.8. The molecule has 1 aliphatic carbocycles. The van der Waals surface area contributed by atoms with Gasteiger partial charge in [-0.25, -0.2) is 0 Å². The first-order valence-electron chi connectivity index (χ1n) is 7.71. The van der Waals surface area contributed by atoms with Crippen molar-refractivity contribution in [1.29, 1.82) is 0 Å². The largest absolute Gasteiger partial charge is 0.308 e. The summed E-state index contributed by atoms with van der Waals surface area (Å²) in [6, 6.07) is 5.22. The van der Waals surface area contributed by atoms with E-state index in [1.165, 1.54) is 48.4 Å². The maximum Gasteiger partial charge on any atom is 0.0332 e. The third kappa shape index (κ3) is 3.04. The quantitative estimate of drug-likeness (QED) is 0.890. The van der Waals surface area contributed by atoms with Gasteiger partial charge in [0.05, 0.1) is 0 Å². The second-order valence-corrected chi connectivity index (χ2v) is 7.86. The number of piperazine rings is 1. The molecule has 2 heterocycles. The Bertz CT molecular complexity index is 420. The number of hydrogen-bond acceptors (Lipinski definition) is 3. The van der Waals surface area contributed by atoms with E-state index in [9.17, 15) is 0 Å². The van der Waals surface area contributed by atoms with E-state index in [-0.39, 0.29) is 0 Å². The lowest BCUT2D eigenvalue weighted by atomic mass is 9.79. The van der Waals surface area contributed by atoms with E-state index in [1.807, 2.05) is 11.3 Å². The van der Waals surface area contributed by atoms with Crippen LogP contribution in [0.2, 0.25) is 0 Å². The average Bonchev–Trinajstić information content (AvgIpc) is 2.81. The number of aryl methyl sites for hydroxylation is 1. The summed E-state index contributed by atoms with van der Waals surface area (Å²) in [4.78, 5) is 5.66. The van der Waals surface area contributed by atoms with Gasteiger partial charge < -0.3 is 5.32 Å². The Morgan fingerprint density at radius 3 is 2.79 bits per heavy atom. The third-order valence-corrected chi connectivity index (χ3v) is 5.85. The van der Waals surface area contributed by atoms with E-state index in [1.54, 1.807) is 0 Å². The molecule has 3 heteroatoms. The van der Waals surface area contributed by atoms with Crippen LogP contribution in [0.15, 0.2) is 12.1 Å². The SMILES string of the molecule is Cc1ccc(CN2CC3(CCCCC3)NCC2C)s1. The van der Waals surface area contributed by atoms with Crippen LogP contribution < -0.4 is 5.32 Å². The van der Waals surface area contributed by atoms with Crippen LogP contribution in [0.1, 0.15) is 48.8 Å². The molecule has 19 heavy (non-hydrogen) atoms. The van der Waals surface area contributed by atoms with Gasteiger partial charge in [0, 0.05) is 41.0 Å². The molecule has 1 spiro atoms. The van der Waals surface area contributed by atoms with E-state index in [4.69, 9.17) is 0 Å². The molecular formula is C16H26N2S. The van der Waals surface area contributed by atoms with Gasteiger partial charge in [0.25, 0.3) is 0 Å². The van der Waals surface area contributed by atoms with Crippen LogP contribution in [0.5, 0.6) is 0 Å². The van der Waals surface area contributed by atoms with Crippen molar-refractivity contribution >= 4 is 11.3 Å². The molecule has 0 aromatic carbocycles. The van der Waals surface area contributed by atoms with Crippen molar-refractivity contribution in [1.82, 2.24) is 10.2 Å². The van der Waals surface area contributed by atoms with E-state index in [0.29, 0.717) is 11.6 Å². The molecule has 1 aromatic heterocycles. The minimum atomic E-state index is 0.428. The molecule has 0 amide bonds. The molecule has 2 nitrogen and oxygen atoms in total. The molecule has 3 rings (SSSR count). The second kappa shape index (κ2) is 5.55. The van der Waals surface area contributed by atoms with Crippen molar-refractivity contribution in [3.63, 3.8) is 0 Å². The van der Waals surface area contributed by atoms with E-state index in [2.05, 4.69) is 36.2 Å². The summed E-state index contributed by atoms with van der Waals surface area (Å²) < 4.78 is 0. The molecule has 0 bridgehead atoms. The molecule has 1 saturated carbocycles. The van der Waals surface area contributed by atoms with Crippen LogP contribution in [0.3, 0.4) is 0 Å². The topological polar surface area (TPSA) is 15.3 Å². The summed E-state index contributed by atoms with van der Waals surface area (Å²) in [7, 11) is 0. The lowest BCUT2D eigenvalue weighted by molar-refractivity contribution is 0.0580. The monoisotopic (exact) mass is 278 g/mol. The van der Waals surface area contributed by atoms with Crippen LogP contribution in [-0.4, -0.2) is 29.6 Å². The molecule has 1 N–H and O–H groups in total. The van der Waals surface area contributed by atoms with Gasteiger partial charge in [0.15, 0.2) is 0 Å². The van der Waals surface area contributed by atoms with Crippen LogP contribution in [0.25, 0.3) is 0 Å². The maximum absolute atomic E-state index is 3.87. The summed E-state index contributed by atoms with van der Waals surface area (Å²) in [5.41, 5.74) is 0.428. The first kappa shape index (κ1) is 13.6. The van der Waals surface area contributed by atoms with Gasteiger partial charge in [-0.15, -0.1) is 11.3 Å². The fourth-order valence-electron chi connectivity index (χ4n) is 3.64. The van der Waals surface area contributed by atoms with Gasteiger partial charge in [-0.05, 0) is 38.8 Å². The fraction of sp³-hybridized carbons (Fsp3) is 0.750. The van der Waals surface area contributed by atoms with Crippen molar-refractivity contribution in [2.24, 2.45) is 0 Å². The van der Waals surface area contributed by atoms with Crippen molar-refractivity contribution in [3.05, 3.63) is 21.9 Å². The zero-order chi connectivity index (χ0) is 13.3. The van der Waals surface area contributed by atoms with Crippen molar-refractivity contribution in [3.8, 4) is 0 Å². The highest BCUT2D eigenvalue weighted by Crippen LogP contribution is 2.32. The molecule has 1 saturated heterocycles. The predicted octanol–water partition coefficient (Wildman–Crippen LogP) is 3.55. The summed E-state index contributed by atoms with van der Waals surface area (Å²) in [6.07, 6.45) is 7.00. The van der Waals surface area contributed by atoms with E-state index < -0.39 is 0 Å². The van der Waals surface area contributed by atoms with Crippen LogP contribution in [-0.2, 0) is 6.54 Å². The number of rotatable bonds is 2. The smallest absolute Gasteiger partial charge is 0.0332 e. The third-order valence-electron chi connectivity index (χ3n) is 4.87. The lowest BCUT2D eigenvalue weighted by Gasteiger charge is -2.49. The number of nitrogens with zero attached hydrogens (tertiary/aromatic N) is 1. The Kier molecular flexibility index (Phi) is 3.97. The first-order chi connectivity index (χ1) is 9.17. The number of hydrogen-bond donors (Lipinski definition) is 1. The number of nitrogens with one attached hydrogen (secondary N) is 1. The highest BCUT2D eigenvalue weighted by Gasteiger charge is 2.38. The van der Waals surface area contributed by atoms with Gasteiger partial charge in [-0.3, -0.25) is 4.90 Å². The van der Waals surface area contributed by atoms with Crippen LogP contribution in [0.4, 0.5) is 0 Å². The maximum atomic E-state index is 3.87. The molecule has 0 radical (unpaired) electrons. The molecule has 2 fully saturated rings. The molecule has 1 aliphatic heterocycles. The second-order valence-electron chi connectivity index (χ2n) is 6.49. The Balaban J connectivity index is 1.68. The first-order valence-corrected chi connectivity index (χ1v) is 8.53. The molecule has 1 aromatic rings. The standard InChI is InChI=1S/C16H26N2S/c1-13-10-17-16(8-4-3-5-9-16)12-18(13)11-15-7-6-14(2)19-15/h6-7,13,17H,3-5,8-12H2,1-2H3. The molecule has 106 valence electrons. The van der Waals surface area contributed by atoms with Gasteiger partial charge >= 0.3 is 0 Å². The minimum Gasteiger partial charge on any atom is -0.308 e. The zero-order valence-corrected chi connectivity index (χ0v) is 13.1. The molecule has 2 aliphatic rings. The van der Waals surface area contributed by atoms with Crippen molar-refractivity contribution < 1.29 is 0 Å². The van der Waals surface area contributed by atoms with Gasteiger partial charge in [-0.2, -0.15) is 0 Å². The van der Waals surface area contributed by atoms with Crippen molar-refractivity contribution in [2.45, 2.75) is 64.1 Å². The lowest BCUT2D eigenvalue weighted by Crippen LogP contribution is -2.63. The fourth-order valence-corrected chi connectivity index (χ4v) is 4.56. The average molecular weight is 278 g/mol. The Morgan fingerprint density at radius 2 is 2.11 bits per heavy atom. The highest BCUT2D eigenvalue weighted by molar-refractivity contribution is 7.11. The van der Waals surface area contributed by atoms with Crippen molar-refractivity contribution in [2.75, 3.05) is 13.1 Å².